The van der Waals surface area contributed by atoms with E-state index in [0.717, 1.165) is 22.3 Å². The van der Waals surface area contributed by atoms with Crippen LogP contribution in [0, 0.1) is 0 Å². The van der Waals surface area contributed by atoms with E-state index in [1.165, 1.54) is 7.11 Å². The highest BCUT2D eigenvalue weighted by Gasteiger charge is 2.25. The molecule has 3 N–H and O–H groups in total. The third-order valence-electron chi connectivity index (χ3n) is 4.93. The zero-order valence-corrected chi connectivity index (χ0v) is 16.6. The molecule has 0 amide bonds. The van der Waals surface area contributed by atoms with Gasteiger partial charge in [-0.1, -0.05) is 18.5 Å². The third-order valence-corrected chi connectivity index (χ3v) is 5.20. The topological polar surface area (TPSA) is 118 Å². The van der Waals surface area contributed by atoms with Crippen LogP contribution < -0.4 is 4.74 Å². The van der Waals surface area contributed by atoms with Crippen molar-refractivity contribution in [3.63, 3.8) is 0 Å². The second-order valence-electron chi connectivity index (χ2n) is 6.69. The second-order valence-corrected chi connectivity index (χ2v) is 7.10. The largest absolute Gasteiger partial charge is 0.480 e. The van der Waals surface area contributed by atoms with Crippen molar-refractivity contribution in [1.82, 2.24) is 34.9 Å². The molecule has 0 bridgehead atoms. The maximum Gasteiger partial charge on any atom is 0.233 e. The van der Waals surface area contributed by atoms with Crippen LogP contribution in [0.25, 0.3) is 33.7 Å². The molecule has 146 valence electrons. The monoisotopic (exact) mass is 401 g/mol. The fraction of sp³-hybridized carbons (Fsp3) is 0.333. The Morgan fingerprint density at radius 2 is 2.07 bits per heavy atom. The minimum absolute atomic E-state index is 0.204. The van der Waals surface area contributed by atoms with E-state index in [9.17, 15) is 5.11 Å². The van der Waals surface area contributed by atoms with Gasteiger partial charge in [0.2, 0.25) is 5.88 Å². The van der Waals surface area contributed by atoms with Crippen molar-refractivity contribution >= 4 is 22.6 Å². The van der Waals surface area contributed by atoms with Crippen LogP contribution >= 0.6 is 11.6 Å². The minimum Gasteiger partial charge on any atom is -0.480 e. The first-order valence-corrected chi connectivity index (χ1v) is 9.13. The number of hydrogen-bond acceptors (Lipinski definition) is 6. The van der Waals surface area contributed by atoms with Gasteiger partial charge in [0.05, 0.1) is 30.6 Å². The van der Waals surface area contributed by atoms with Crippen LogP contribution in [0.1, 0.15) is 25.6 Å². The molecule has 4 aromatic rings. The molecule has 0 saturated carbocycles. The van der Waals surface area contributed by atoms with Crippen molar-refractivity contribution in [2.24, 2.45) is 7.05 Å². The number of nitrogens with one attached hydrogen (secondary N) is 2. The molecule has 4 aromatic heterocycles. The summed E-state index contributed by atoms with van der Waals surface area (Å²) in [4.78, 5) is 9.23. The van der Waals surface area contributed by atoms with Gasteiger partial charge in [0.15, 0.2) is 11.6 Å². The number of aromatic nitrogens is 7. The number of ether oxygens (including phenoxy) is 1. The Balaban J connectivity index is 2.00. The first kappa shape index (κ1) is 18.5. The molecule has 0 aliphatic rings. The summed E-state index contributed by atoms with van der Waals surface area (Å²) >= 11 is 6.31. The Morgan fingerprint density at radius 1 is 1.29 bits per heavy atom. The number of H-pyrrole nitrogens is 2. The summed E-state index contributed by atoms with van der Waals surface area (Å²) < 4.78 is 7.25. The zero-order valence-electron chi connectivity index (χ0n) is 15.9. The molecular weight excluding hydrogens is 382 g/mol. The lowest BCUT2D eigenvalue weighted by Crippen LogP contribution is -2.12. The highest BCUT2D eigenvalue weighted by atomic mass is 35.5. The van der Waals surface area contributed by atoms with E-state index in [-0.39, 0.29) is 5.92 Å². The van der Waals surface area contributed by atoms with E-state index in [4.69, 9.17) is 16.3 Å². The number of pyridine rings is 1. The van der Waals surface area contributed by atoms with E-state index in [1.807, 2.05) is 24.6 Å². The Morgan fingerprint density at radius 3 is 2.71 bits per heavy atom. The molecular formula is C18H20ClN7O2. The average molecular weight is 402 g/mol. The van der Waals surface area contributed by atoms with E-state index in [2.05, 4.69) is 30.4 Å². The first-order chi connectivity index (χ1) is 13.4. The summed E-state index contributed by atoms with van der Waals surface area (Å²) in [5.74, 6) is 1.24. The molecule has 9 nitrogen and oxygen atoms in total. The summed E-state index contributed by atoms with van der Waals surface area (Å²) in [5.41, 5.74) is 3.98. The van der Waals surface area contributed by atoms with Crippen LogP contribution in [0.15, 0.2) is 18.5 Å². The van der Waals surface area contributed by atoms with Gasteiger partial charge in [-0.3, -0.25) is 10.2 Å². The SMILES string of the molecule is COc1nc2c(-c3cn[nH]c3)c(-c3nc([C@@H](C)[C@@H](C)O)n[nH]3)n(C)c2cc1Cl. The molecule has 0 aliphatic heterocycles. The van der Waals surface area contributed by atoms with Gasteiger partial charge in [0.1, 0.15) is 10.5 Å². The van der Waals surface area contributed by atoms with E-state index in [1.54, 1.807) is 19.3 Å². The van der Waals surface area contributed by atoms with Crippen LogP contribution in [-0.4, -0.2) is 53.3 Å². The smallest absolute Gasteiger partial charge is 0.233 e. The summed E-state index contributed by atoms with van der Waals surface area (Å²) in [6.45, 7) is 3.59. The summed E-state index contributed by atoms with van der Waals surface area (Å²) in [5, 5.41) is 24.5. The zero-order chi connectivity index (χ0) is 20.0. The molecule has 4 rings (SSSR count). The molecule has 10 heteroatoms. The third kappa shape index (κ3) is 2.83. The van der Waals surface area contributed by atoms with Crippen LogP contribution in [0.4, 0.5) is 0 Å². The van der Waals surface area contributed by atoms with Crippen molar-refractivity contribution < 1.29 is 9.84 Å². The van der Waals surface area contributed by atoms with Gasteiger partial charge in [-0.25, -0.2) is 9.97 Å². The number of fused-ring (bicyclic) bond motifs is 1. The number of aromatic amines is 2. The number of methoxy groups -OCH3 is 1. The Kier molecular flexibility index (Phi) is 4.56. The number of rotatable bonds is 5. The molecule has 0 aromatic carbocycles. The molecule has 0 fully saturated rings. The van der Waals surface area contributed by atoms with Gasteiger partial charge < -0.3 is 14.4 Å². The van der Waals surface area contributed by atoms with E-state index < -0.39 is 6.10 Å². The highest BCUT2D eigenvalue weighted by Crippen LogP contribution is 2.40. The molecule has 28 heavy (non-hydrogen) atoms. The molecule has 0 aliphatic carbocycles. The number of aliphatic hydroxyl groups is 1. The maximum atomic E-state index is 9.87. The lowest BCUT2D eigenvalue weighted by Gasteiger charge is -2.09. The van der Waals surface area contributed by atoms with Gasteiger partial charge in [-0.2, -0.15) is 10.2 Å². The van der Waals surface area contributed by atoms with Crippen molar-refractivity contribution in [3.8, 4) is 28.5 Å². The molecule has 2 atom stereocenters. The summed E-state index contributed by atoms with van der Waals surface area (Å²) in [7, 11) is 3.44. The molecule has 0 spiro atoms. The van der Waals surface area contributed by atoms with Crippen LogP contribution in [-0.2, 0) is 7.05 Å². The van der Waals surface area contributed by atoms with Crippen molar-refractivity contribution in [1.29, 1.82) is 0 Å². The van der Waals surface area contributed by atoms with Crippen LogP contribution in [0.5, 0.6) is 5.88 Å². The van der Waals surface area contributed by atoms with E-state index >= 15 is 0 Å². The second kappa shape index (κ2) is 6.92. The molecule has 4 heterocycles. The predicted octanol–water partition coefficient (Wildman–Crippen LogP) is 2.89. The van der Waals surface area contributed by atoms with Crippen LogP contribution in [0.2, 0.25) is 5.02 Å². The number of hydrogen-bond donors (Lipinski definition) is 3. The fourth-order valence-electron chi connectivity index (χ4n) is 3.18. The lowest BCUT2D eigenvalue weighted by atomic mass is 10.1. The Bertz CT molecular complexity index is 1130. The maximum absolute atomic E-state index is 9.87. The number of halogens is 1. The molecule has 0 unspecified atom stereocenters. The van der Waals surface area contributed by atoms with Gasteiger partial charge in [-0.05, 0) is 13.0 Å². The van der Waals surface area contributed by atoms with Gasteiger partial charge >= 0.3 is 0 Å². The Hall–Kier alpha value is -2.91. The number of aryl methyl sites for hydroxylation is 1. The molecule has 0 saturated heterocycles. The van der Waals surface area contributed by atoms with E-state index in [0.29, 0.717) is 28.1 Å². The fourth-order valence-corrected chi connectivity index (χ4v) is 3.41. The average Bonchev–Trinajstić information content (AvgIpc) is 3.40. The normalized spacial score (nSPS) is 13.8. The lowest BCUT2D eigenvalue weighted by molar-refractivity contribution is 0.165. The van der Waals surface area contributed by atoms with Crippen molar-refractivity contribution in [3.05, 3.63) is 29.3 Å². The van der Waals surface area contributed by atoms with Crippen molar-refractivity contribution in [2.75, 3.05) is 7.11 Å². The first-order valence-electron chi connectivity index (χ1n) is 8.75. The predicted molar refractivity (Wildman–Crippen MR) is 105 cm³/mol. The standard InChI is InChI=1S/C18H20ClN7O2/c1-8(9(2)27)16-23-17(25-24-16)15-13(10-6-20-21-7-10)14-12(26(15)3)5-11(19)18(22-14)28-4/h5-9,27H,1-4H3,(H,20,21)(H,23,24,25)/t8-,9+/m0/s1. The Labute approximate surface area is 165 Å². The molecule has 0 radical (unpaired) electrons. The summed E-state index contributed by atoms with van der Waals surface area (Å²) in [6.07, 6.45) is 2.95. The highest BCUT2D eigenvalue weighted by molar-refractivity contribution is 6.32. The van der Waals surface area contributed by atoms with Gasteiger partial charge in [0.25, 0.3) is 0 Å². The number of nitrogens with zero attached hydrogens (tertiary/aromatic N) is 5. The van der Waals surface area contributed by atoms with Gasteiger partial charge in [0, 0.05) is 30.3 Å². The van der Waals surface area contributed by atoms with Gasteiger partial charge in [-0.15, -0.1) is 0 Å². The summed E-state index contributed by atoms with van der Waals surface area (Å²) in [6, 6.07) is 1.81. The van der Waals surface area contributed by atoms with Crippen molar-refractivity contribution in [2.45, 2.75) is 25.9 Å². The van der Waals surface area contributed by atoms with Crippen LogP contribution in [0.3, 0.4) is 0 Å². The quantitative estimate of drug-likeness (QED) is 0.473. The minimum atomic E-state index is -0.561. The number of aliphatic hydroxyl groups excluding tert-OH is 1.